The van der Waals surface area contributed by atoms with Crippen molar-refractivity contribution in [2.45, 2.75) is 50.3 Å². The third-order valence-corrected chi connectivity index (χ3v) is 5.68. The maximum absolute atomic E-state index is 11.3. The van der Waals surface area contributed by atoms with E-state index in [2.05, 4.69) is 24.5 Å². The fourth-order valence-electron chi connectivity index (χ4n) is 4.27. The smallest absolute Gasteiger partial charge is 0.0940 e. The van der Waals surface area contributed by atoms with E-state index in [0.717, 1.165) is 37.8 Å². The molecular formula is C21H26ClNO. The molecule has 2 saturated heterocycles. The van der Waals surface area contributed by atoms with Crippen LogP contribution in [-0.4, -0.2) is 28.6 Å². The van der Waals surface area contributed by atoms with E-state index in [1.54, 1.807) is 6.08 Å². The molecule has 128 valence electrons. The van der Waals surface area contributed by atoms with Crippen molar-refractivity contribution in [3.8, 4) is 0 Å². The van der Waals surface area contributed by atoms with Crippen LogP contribution in [0.4, 0.5) is 0 Å². The molecule has 0 aliphatic carbocycles. The van der Waals surface area contributed by atoms with Crippen molar-refractivity contribution in [1.82, 2.24) is 4.90 Å². The van der Waals surface area contributed by atoms with E-state index in [1.807, 2.05) is 36.4 Å². The second-order valence-electron chi connectivity index (χ2n) is 7.11. The lowest BCUT2D eigenvalue weighted by atomic mass is 9.80. The molecule has 2 nitrogen and oxygen atoms in total. The van der Waals surface area contributed by atoms with E-state index in [1.165, 1.54) is 5.57 Å². The number of fused-ring (bicyclic) bond motifs is 2. The van der Waals surface area contributed by atoms with Crippen LogP contribution in [0.15, 0.2) is 60.7 Å². The van der Waals surface area contributed by atoms with Gasteiger partial charge in [-0.3, -0.25) is 4.90 Å². The molecule has 0 saturated carbocycles. The molecule has 0 spiro atoms. The Morgan fingerprint density at radius 1 is 1.29 bits per heavy atom. The Morgan fingerprint density at radius 3 is 2.58 bits per heavy atom. The summed E-state index contributed by atoms with van der Waals surface area (Å²) in [5.74, 6) is 0. The zero-order valence-corrected chi connectivity index (χ0v) is 15.0. The minimum Gasteiger partial charge on any atom is -0.385 e. The van der Waals surface area contributed by atoms with Crippen LogP contribution in [0.3, 0.4) is 0 Å². The summed E-state index contributed by atoms with van der Waals surface area (Å²) in [7, 11) is 0. The van der Waals surface area contributed by atoms with Crippen LogP contribution in [0.5, 0.6) is 0 Å². The highest BCUT2D eigenvalue weighted by atomic mass is 35.5. The second-order valence-corrected chi connectivity index (χ2v) is 7.52. The van der Waals surface area contributed by atoms with Gasteiger partial charge in [0.15, 0.2) is 0 Å². The first-order chi connectivity index (χ1) is 11.5. The first-order valence-corrected chi connectivity index (χ1v) is 9.09. The summed E-state index contributed by atoms with van der Waals surface area (Å²) >= 11 is 6.36. The van der Waals surface area contributed by atoms with Crippen molar-refractivity contribution in [3.63, 3.8) is 0 Å². The molecule has 0 aromatic heterocycles. The van der Waals surface area contributed by atoms with Gasteiger partial charge in [0.25, 0.3) is 0 Å². The number of nitrogens with zero attached hydrogens (tertiary/aromatic N) is 1. The maximum Gasteiger partial charge on any atom is 0.0940 e. The summed E-state index contributed by atoms with van der Waals surface area (Å²) in [6, 6.07) is 8.59. The number of allylic oxidation sites excluding steroid dienone is 4. The van der Waals surface area contributed by atoms with Crippen LogP contribution in [-0.2, 0) is 5.60 Å². The molecule has 1 N–H and O–H groups in total. The zero-order chi connectivity index (χ0) is 17.2. The SMILES string of the molecule is C=CC=CC=C(C)CN1C2CCC1CC(O)(c1ccccc1Cl)C2. The predicted octanol–water partition coefficient (Wildman–Crippen LogP) is 4.84. The Kier molecular flexibility index (Phi) is 5.29. The van der Waals surface area contributed by atoms with Gasteiger partial charge in [0.05, 0.1) is 5.60 Å². The van der Waals surface area contributed by atoms with Crippen molar-refractivity contribution in [3.05, 3.63) is 71.3 Å². The Hall–Kier alpha value is -1.35. The van der Waals surface area contributed by atoms with Gasteiger partial charge in [0.2, 0.25) is 0 Å². The van der Waals surface area contributed by atoms with Gasteiger partial charge in [0.1, 0.15) is 0 Å². The average molecular weight is 344 g/mol. The summed E-state index contributed by atoms with van der Waals surface area (Å²) in [4.78, 5) is 2.57. The van der Waals surface area contributed by atoms with Crippen LogP contribution in [0, 0.1) is 0 Å². The fraction of sp³-hybridized carbons (Fsp3) is 0.429. The lowest BCUT2D eigenvalue weighted by Crippen LogP contribution is -2.50. The van der Waals surface area contributed by atoms with E-state index in [-0.39, 0.29) is 0 Å². The van der Waals surface area contributed by atoms with Gasteiger partial charge in [0, 0.05) is 29.2 Å². The molecule has 2 aliphatic rings. The molecule has 1 aromatic carbocycles. The van der Waals surface area contributed by atoms with Gasteiger partial charge in [-0.2, -0.15) is 0 Å². The molecule has 2 bridgehead atoms. The van der Waals surface area contributed by atoms with Gasteiger partial charge in [-0.25, -0.2) is 0 Å². The molecule has 2 heterocycles. The van der Waals surface area contributed by atoms with Crippen molar-refractivity contribution in [2.75, 3.05) is 6.54 Å². The van der Waals surface area contributed by atoms with Crippen LogP contribution in [0.25, 0.3) is 0 Å². The van der Waals surface area contributed by atoms with Gasteiger partial charge >= 0.3 is 0 Å². The molecule has 1 aromatic rings. The molecule has 2 unspecified atom stereocenters. The Morgan fingerprint density at radius 2 is 1.96 bits per heavy atom. The first-order valence-electron chi connectivity index (χ1n) is 8.71. The molecule has 3 rings (SSSR count). The molecule has 3 heteroatoms. The van der Waals surface area contributed by atoms with Crippen molar-refractivity contribution in [2.24, 2.45) is 0 Å². The monoisotopic (exact) mass is 343 g/mol. The number of rotatable bonds is 5. The lowest BCUT2D eigenvalue weighted by molar-refractivity contribution is -0.0541. The molecule has 2 atom stereocenters. The second kappa shape index (κ2) is 7.26. The molecule has 0 radical (unpaired) electrons. The van der Waals surface area contributed by atoms with Gasteiger partial charge in [-0.15, -0.1) is 0 Å². The molecule has 0 amide bonds. The van der Waals surface area contributed by atoms with Crippen molar-refractivity contribution in [1.29, 1.82) is 0 Å². The first kappa shape index (κ1) is 17.5. The van der Waals surface area contributed by atoms with Crippen LogP contribution >= 0.6 is 11.6 Å². The maximum atomic E-state index is 11.3. The third-order valence-electron chi connectivity index (χ3n) is 5.35. The number of benzene rings is 1. The Balaban J connectivity index is 1.75. The average Bonchev–Trinajstić information content (AvgIpc) is 2.79. The molecule has 2 aliphatic heterocycles. The third kappa shape index (κ3) is 3.51. The Labute approximate surface area is 150 Å². The standard InChI is InChI=1S/C21H26ClNO/c1-3-4-5-8-16(2)15-23-17-11-12-18(23)14-21(24,13-17)19-9-6-7-10-20(19)22/h3-10,17-18,24H,1,11-15H2,2H3. The zero-order valence-electron chi connectivity index (χ0n) is 14.3. The fourth-order valence-corrected chi connectivity index (χ4v) is 4.58. The molecule has 2 fully saturated rings. The number of halogens is 1. The van der Waals surface area contributed by atoms with Crippen LogP contribution in [0.2, 0.25) is 5.02 Å². The van der Waals surface area contributed by atoms with E-state index in [0.29, 0.717) is 17.1 Å². The lowest BCUT2D eigenvalue weighted by Gasteiger charge is -2.44. The quantitative estimate of drug-likeness (QED) is 0.773. The van der Waals surface area contributed by atoms with Crippen LogP contribution in [0.1, 0.15) is 38.2 Å². The molecular weight excluding hydrogens is 318 g/mol. The van der Waals surface area contributed by atoms with Gasteiger partial charge in [-0.05, 0) is 38.7 Å². The topological polar surface area (TPSA) is 23.5 Å². The highest BCUT2D eigenvalue weighted by Gasteiger charge is 2.48. The predicted molar refractivity (Wildman–Crippen MR) is 101 cm³/mol. The van der Waals surface area contributed by atoms with E-state index in [4.69, 9.17) is 11.6 Å². The summed E-state index contributed by atoms with van der Waals surface area (Å²) in [6.45, 7) is 6.83. The minimum absolute atomic E-state index is 0.428. The van der Waals surface area contributed by atoms with E-state index < -0.39 is 5.60 Å². The summed E-state index contributed by atoms with van der Waals surface area (Å²) in [5, 5.41) is 12.0. The largest absolute Gasteiger partial charge is 0.385 e. The number of piperidine rings is 1. The number of hydrogen-bond donors (Lipinski definition) is 1. The summed E-state index contributed by atoms with van der Waals surface area (Å²) in [6.07, 6.45) is 11.8. The highest BCUT2D eigenvalue weighted by molar-refractivity contribution is 6.31. The van der Waals surface area contributed by atoms with Crippen LogP contribution < -0.4 is 0 Å². The Bertz CT molecular complexity index is 650. The van der Waals surface area contributed by atoms with Gasteiger partial charge < -0.3 is 5.11 Å². The van der Waals surface area contributed by atoms with Crippen molar-refractivity contribution >= 4 is 11.6 Å². The highest BCUT2D eigenvalue weighted by Crippen LogP contribution is 2.47. The normalized spacial score (nSPS) is 30.9. The minimum atomic E-state index is -0.791. The van der Waals surface area contributed by atoms with Crippen molar-refractivity contribution < 1.29 is 5.11 Å². The van der Waals surface area contributed by atoms with E-state index in [9.17, 15) is 5.11 Å². The van der Waals surface area contributed by atoms with E-state index >= 15 is 0 Å². The van der Waals surface area contributed by atoms with Gasteiger partial charge in [-0.1, -0.05) is 66.3 Å². The number of aliphatic hydroxyl groups is 1. The molecule has 24 heavy (non-hydrogen) atoms. The number of hydrogen-bond acceptors (Lipinski definition) is 2. The summed E-state index contributed by atoms with van der Waals surface area (Å²) in [5.41, 5.74) is 1.44. The summed E-state index contributed by atoms with van der Waals surface area (Å²) < 4.78 is 0.